The molecule has 1 amide bonds. The minimum absolute atomic E-state index is 0.0167. The lowest BCUT2D eigenvalue weighted by atomic mass is 9.84. The Hall–Kier alpha value is -1.85. The molecule has 9 heteroatoms. The fourth-order valence-corrected chi connectivity index (χ4v) is 3.57. The van der Waals surface area contributed by atoms with Crippen molar-refractivity contribution in [2.75, 3.05) is 18.4 Å². The van der Waals surface area contributed by atoms with Crippen LogP contribution in [-0.2, 0) is 0 Å². The lowest BCUT2D eigenvalue weighted by molar-refractivity contribution is -0.0971. The maximum Gasteiger partial charge on any atom is 0.256 e. The number of nitrogens with zero attached hydrogens (tertiary/aromatic N) is 1. The fourth-order valence-electron chi connectivity index (χ4n) is 3.12. The van der Waals surface area contributed by atoms with Gasteiger partial charge in [0, 0.05) is 9.61 Å². The Morgan fingerprint density at radius 3 is 2.57 bits per heavy atom. The number of halogens is 4. The molecule has 1 unspecified atom stereocenters. The van der Waals surface area contributed by atoms with Crippen molar-refractivity contribution in [2.45, 2.75) is 25.0 Å². The van der Waals surface area contributed by atoms with Gasteiger partial charge in [0.05, 0.1) is 30.0 Å². The van der Waals surface area contributed by atoms with Gasteiger partial charge in [-0.3, -0.25) is 4.79 Å². The fraction of sp³-hybridized carbons (Fsp3) is 0.316. The van der Waals surface area contributed by atoms with Crippen molar-refractivity contribution in [3.63, 3.8) is 0 Å². The first-order valence-corrected chi connectivity index (χ1v) is 9.71. The average molecular weight is 505 g/mol. The zero-order valence-electron chi connectivity index (χ0n) is 15.0. The number of hydrogen-bond donors (Lipinski definition) is 3. The van der Waals surface area contributed by atoms with Crippen LogP contribution >= 0.6 is 22.6 Å². The van der Waals surface area contributed by atoms with Crippen LogP contribution in [0, 0.1) is 21.0 Å². The minimum atomic E-state index is -1.29. The van der Waals surface area contributed by atoms with Crippen LogP contribution in [0.5, 0.6) is 0 Å². The second kappa shape index (κ2) is 7.88. The monoisotopic (exact) mass is 505 g/mol. The molecule has 1 aliphatic heterocycles. The zero-order chi connectivity index (χ0) is 20.6. The van der Waals surface area contributed by atoms with E-state index in [2.05, 4.69) is 5.32 Å². The standard InChI is InChI=1S/C19H19F3IN3O2/c1-2-15(24)19(28)8-26(9-19)18(27)11-4-5-12(20)16(22)17(11)25-14-6-3-10(23)7-13(14)21/h3-7,15,25,28H,2,8-9,24H2,1H3. The summed E-state index contributed by atoms with van der Waals surface area (Å²) in [6.07, 6.45) is 0.530. The quantitative estimate of drug-likeness (QED) is 0.545. The number of aliphatic hydroxyl groups is 1. The minimum Gasteiger partial charge on any atom is -0.385 e. The number of amides is 1. The molecule has 1 atom stereocenters. The van der Waals surface area contributed by atoms with Crippen molar-refractivity contribution in [1.82, 2.24) is 4.90 Å². The molecule has 5 nitrogen and oxygen atoms in total. The van der Waals surface area contributed by atoms with E-state index in [1.54, 1.807) is 6.07 Å². The number of carbonyl (C=O) groups is 1. The van der Waals surface area contributed by atoms with Gasteiger partial charge in [-0.25, -0.2) is 13.2 Å². The van der Waals surface area contributed by atoms with E-state index in [1.807, 2.05) is 29.5 Å². The van der Waals surface area contributed by atoms with Crippen molar-refractivity contribution in [1.29, 1.82) is 0 Å². The third-order valence-corrected chi connectivity index (χ3v) is 5.53. The van der Waals surface area contributed by atoms with Crippen LogP contribution < -0.4 is 11.1 Å². The number of likely N-dealkylation sites (tertiary alicyclic amines) is 1. The first-order chi connectivity index (χ1) is 13.2. The lowest BCUT2D eigenvalue weighted by Gasteiger charge is -2.49. The van der Waals surface area contributed by atoms with E-state index in [4.69, 9.17) is 5.73 Å². The largest absolute Gasteiger partial charge is 0.385 e. The van der Waals surface area contributed by atoms with Crippen LogP contribution in [0.3, 0.4) is 0 Å². The van der Waals surface area contributed by atoms with Gasteiger partial charge in [0.2, 0.25) is 0 Å². The van der Waals surface area contributed by atoms with Crippen LogP contribution in [0.15, 0.2) is 30.3 Å². The number of carbonyl (C=O) groups excluding carboxylic acids is 1. The van der Waals surface area contributed by atoms with E-state index in [0.717, 1.165) is 12.1 Å². The highest BCUT2D eigenvalue weighted by molar-refractivity contribution is 14.1. The molecule has 28 heavy (non-hydrogen) atoms. The highest BCUT2D eigenvalue weighted by Crippen LogP contribution is 2.32. The molecule has 2 aromatic carbocycles. The summed E-state index contributed by atoms with van der Waals surface area (Å²) in [6.45, 7) is 1.79. The Morgan fingerprint density at radius 2 is 1.96 bits per heavy atom. The first-order valence-electron chi connectivity index (χ1n) is 8.63. The molecule has 150 valence electrons. The maximum absolute atomic E-state index is 14.4. The van der Waals surface area contributed by atoms with Gasteiger partial charge in [-0.05, 0) is 59.3 Å². The number of nitrogens with one attached hydrogen (secondary N) is 1. The molecule has 0 radical (unpaired) electrons. The molecule has 0 bridgehead atoms. The Balaban J connectivity index is 1.90. The van der Waals surface area contributed by atoms with Crippen LogP contribution in [0.2, 0.25) is 0 Å². The molecule has 0 spiro atoms. The Bertz CT molecular complexity index is 920. The summed E-state index contributed by atoms with van der Waals surface area (Å²) in [6, 6.07) is 5.65. The second-order valence-corrected chi connectivity index (χ2v) is 8.06. The van der Waals surface area contributed by atoms with E-state index in [0.29, 0.717) is 9.99 Å². The molecule has 4 N–H and O–H groups in total. The number of hydrogen-bond acceptors (Lipinski definition) is 4. The van der Waals surface area contributed by atoms with E-state index in [-0.39, 0.29) is 24.3 Å². The predicted octanol–water partition coefficient (Wildman–Crippen LogP) is 3.38. The van der Waals surface area contributed by atoms with Crippen LogP contribution in [0.1, 0.15) is 23.7 Å². The van der Waals surface area contributed by atoms with E-state index >= 15 is 0 Å². The molecule has 1 saturated heterocycles. The highest BCUT2D eigenvalue weighted by Gasteiger charge is 2.47. The molecule has 0 aliphatic carbocycles. The molecule has 0 aromatic heterocycles. The average Bonchev–Trinajstić information content (AvgIpc) is 2.63. The molecule has 0 saturated carbocycles. The van der Waals surface area contributed by atoms with Crippen molar-refractivity contribution in [3.05, 3.63) is 56.9 Å². The van der Waals surface area contributed by atoms with Crippen LogP contribution in [0.25, 0.3) is 0 Å². The summed E-state index contributed by atoms with van der Waals surface area (Å²) in [5.74, 6) is -3.73. The van der Waals surface area contributed by atoms with Gasteiger partial charge in [0.15, 0.2) is 11.6 Å². The molecule has 2 aromatic rings. The molecular weight excluding hydrogens is 486 g/mol. The van der Waals surface area contributed by atoms with Gasteiger partial charge in [0.1, 0.15) is 11.4 Å². The first kappa shape index (κ1) is 20.9. The van der Waals surface area contributed by atoms with Crippen molar-refractivity contribution in [3.8, 4) is 0 Å². The van der Waals surface area contributed by atoms with E-state index < -0.39 is 40.7 Å². The second-order valence-electron chi connectivity index (χ2n) is 6.81. The smallest absolute Gasteiger partial charge is 0.256 e. The topological polar surface area (TPSA) is 78.6 Å². The number of β-amino-alcohol motifs (C(OH)–C–C–N with tert-alkyl or cyclic N) is 1. The Labute approximate surface area is 173 Å². The summed E-state index contributed by atoms with van der Waals surface area (Å²) in [4.78, 5) is 14.1. The van der Waals surface area contributed by atoms with Gasteiger partial charge in [-0.2, -0.15) is 0 Å². The summed E-state index contributed by atoms with van der Waals surface area (Å²) in [7, 11) is 0. The zero-order valence-corrected chi connectivity index (χ0v) is 17.1. The number of anilines is 2. The Morgan fingerprint density at radius 1 is 1.29 bits per heavy atom. The third kappa shape index (κ3) is 3.83. The van der Waals surface area contributed by atoms with Gasteiger partial charge >= 0.3 is 0 Å². The third-order valence-electron chi connectivity index (χ3n) is 4.86. The molecule has 1 fully saturated rings. The summed E-state index contributed by atoms with van der Waals surface area (Å²) in [5, 5.41) is 12.9. The van der Waals surface area contributed by atoms with Crippen molar-refractivity contribution in [2.24, 2.45) is 5.73 Å². The molecule has 1 aliphatic rings. The molecule has 1 heterocycles. The van der Waals surface area contributed by atoms with Gasteiger partial charge in [0.25, 0.3) is 5.91 Å². The van der Waals surface area contributed by atoms with Gasteiger partial charge in [-0.1, -0.05) is 6.92 Å². The van der Waals surface area contributed by atoms with E-state index in [1.165, 1.54) is 17.0 Å². The van der Waals surface area contributed by atoms with Gasteiger partial charge in [-0.15, -0.1) is 0 Å². The molecule has 3 rings (SSSR count). The predicted molar refractivity (Wildman–Crippen MR) is 108 cm³/mol. The van der Waals surface area contributed by atoms with Crippen LogP contribution in [0.4, 0.5) is 24.5 Å². The summed E-state index contributed by atoms with van der Waals surface area (Å²) in [5.41, 5.74) is 3.95. The summed E-state index contributed by atoms with van der Waals surface area (Å²) < 4.78 is 43.0. The molecular formula is C19H19F3IN3O2. The SMILES string of the molecule is CCC(N)C1(O)CN(C(=O)c2ccc(F)c(F)c2Nc2ccc(I)cc2F)C1. The Kier molecular flexibility index (Phi) is 5.87. The van der Waals surface area contributed by atoms with E-state index in [9.17, 15) is 23.1 Å². The van der Waals surface area contributed by atoms with Crippen molar-refractivity contribution < 1.29 is 23.1 Å². The number of benzene rings is 2. The van der Waals surface area contributed by atoms with Crippen LogP contribution in [-0.4, -0.2) is 40.6 Å². The number of nitrogens with two attached hydrogens (primary N) is 1. The van der Waals surface area contributed by atoms with Gasteiger partial charge < -0.3 is 21.1 Å². The maximum atomic E-state index is 14.4. The van der Waals surface area contributed by atoms with Crippen molar-refractivity contribution >= 4 is 39.9 Å². The normalized spacial score (nSPS) is 16.5. The lowest BCUT2D eigenvalue weighted by Crippen LogP contribution is -2.70. The number of rotatable bonds is 5. The summed E-state index contributed by atoms with van der Waals surface area (Å²) >= 11 is 1.92. The highest BCUT2D eigenvalue weighted by atomic mass is 127.